The molecule has 7 heteroatoms. The van der Waals surface area contributed by atoms with Crippen LogP contribution in [-0.4, -0.2) is 25.0 Å². The summed E-state index contributed by atoms with van der Waals surface area (Å²) < 4.78 is 0. The van der Waals surface area contributed by atoms with Crippen molar-refractivity contribution in [2.45, 2.75) is 0 Å². The summed E-state index contributed by atoms with van der Waals surface area (Å²) in [7, 11) is 0. The number of aliphatic carboxylic acids is 2. The van der Waals surface area contributed by atoms with Crippen LogP contribution in [0, 0.1) is 0 Å². The molecule has 0 radical (unpaired) electrons. The van der Waals surface area contributed by atoms with Crippen LogP contribution in [0.5, 0.6) is 0 Å². The fraction of sp³-hybridized carbons (Fsp3) is 0.500. The minimum Gasteiger partial charge on any atom is -0.549 e. The molecule has 6 nitrogen and oxygen atoms in total. The number of hydrogen-bond acceptors (Lipinski definition) is 6. The molecule has 64 valence electrons. The average molecular weight is 200 g/mol. The molecule has 0 aliphatic rings. The Morgan fingerprint density at radius 3 is 1.09 bits per heavy atom. The summed E-state index contributed by atoms with van der Waals surface area (Å²) in [6, 6.07) is 0. The van der Waals surface area contributed by atoms with Crippen molar-refractivity contribution in [3.8, 4) is 0 Å². The van der Waals surface area contributed by atoms with E-state index in [-0.39, 0.29) is 30.5 Å². The molecule has 0 fully saturated rings. The zero-order valence-corrected chi connectivity index (χ0v) is 6.89. The number of rotatable bonds is 2. The molecule has 0 bridgehead atoms. The Balaban J connectivity index is -0.000000107. The minimum atomic E-state index is -1.22. The van der Waals surface area contributed by atoms with Gasteiger partial charge in [0.2, 0.25) is 0 Å². The van der Waals surface area contributed by atoms with Gasteiger partial charge in [-0.25, -0.2) is 0 Å². The number of carbonyl (C=O) groups is 2. The Kier molecular flexibility index (Phi) is 18.5. The van der Waals surface area contributed by atoms with Crippen molar-refractivity contribution in [1.29, 1.82) is 0 Å². The molecule has 11 heavy (non-hydrogen) atoms. The van der Waals surface area contributed by atoms with Gasteiger partial charge in [0.05, 0.1) is 11.9 Å². The van der Waals surface area contributed by atoms with E-state index in [2.05, 4.69) is 11.5 Å². The molecule has 0 spiro atoms. The monoisotopic (exact) mass is 200 g/mol. The summed E-state index contributed by atoms with van der Waals surface area (Å²) in [5.74, 6) is -2.44. The Morgan fingerprint density at radius 2 is 1.09 bits per heavy atom. The Morgan fingerprint density at radius 1 is 1.00 bits per heavy atom. The normalized spacial score (nSPS) is 6.73. The van der Waals surface area contributed by atoms with Crippen molar-refractivity contribution in [3.05, 3.63) is 0 Å². The maximum Gasteiger partial charge on any atom is 2.00 e. The molecule has 0 heterocycles. The molecule has 0 amide bonds. The van der Waals surface area contributed by atoms with Gasteiger partial charge in [-0.2, -0.15) is 0 Å². The van der Waals surface area contributed by atoms with Crippen LogP contribution in [0.25, 0.3) is 0 Å². The number of carboxylic acids is 2. The molecular formula is C4H8CrN2O4. The first kappa shape index (κ1) is 16.8. The van der Waals surface area contributed by atoms with Crippen molar-refractivity contribution in [2.75, 3.05) is 13.1 Å². The summed E-state index contributed by atoms with van der Waals surface area (Å²) >= 11 is 0. The van der Waals surface area contributed by atoms with Gasteiger partial charge in [0.15, 0.2) is 0 Å². The van der Waals surface area contributed by atoms with Gasteiger partial charge in [0.25, 0.3) is 0 Å². The van der Waals surface area contributed by atoms with Crippen molar-refractivity contribution < 1.29 is 37.2 Å². The van der Waals surface area contributed by atoms with Crippen LogP contribution in [0.15, 0.2) is 0 Å². The SMILES string of the molecule is NCC(=O)[O-].NCC(=O)[O-].[Cr+2]. The maximum atomic E-state index is 9.13. The molecule has 0 aliphatic carbocycles. The number of hydrogen-bond donors (Lipinski definition) is 2. The predicted molar refractivity (Wildman–Crippen MR) is 28.1 cm³/mol. The van der Waals surface area contributed by atoms with Crippen LogP contribution in [0.2, 0.25) is 0 Å². The Hall–Kier alpha value is -0.608. The molecule has 0 saturated carbocycles. The molecule has 0 aromatic rings. The smallest absolute Gasteiger partial charge is 0.549 e. The second kappa shape index (κ2) is 12.1. The fourth-order valence-corrected chi connectivity index (χ4v) is 0. The Bertz CT molecular complexity index is 105. The second-order valence-electron chi connectivity index (χ2n) is 1.15. The zero-order chi connectivity index (χ0) is 8.57. The van der Waals surface area contributed by atoms with Crippen molar-refractivity contribution in [3.63, 3.8) is 0 Å². The molecule has 0 aliphatic heterocycles. The minimum absolute atomic E-state index is 0. The van der Waals surface area contributed by atoms with Crippen molar-refractivity contribution in [2.24, 2.45) is 11.5 Å². The molecule has 0 unspecified atom stereocenters. The summed E-state index contributed by atoms with van der Waals surface area (Å²) in [6.45, 7) is -0.778. The van der Waals surface area contributed by atoms with Gasteiger partial charge in [0, 0.05) is 13.1 Å². The predicted octanol–water partition coefficient (Wildman–Crippen LogP) is -4.61. The van der Waals surface area contributed by atoms with Crippen LogP contribution < -0.4 is 21.7 Å². The van der Waals surface area contributed by atoms with Crippen LogP contribution in [0.3, 0.4) is 0 Å². The molecule has 0 saturated heterocycles. The van der Waals surface area contributed by atoms with Gasteiger partial charge >= 0.3 is 17.4 Å². The van der Waals surface area contributed by atoms with Crippen LogP contribution in [0.4, 0.5) is 0 Å². The topological polar surface area (TPSA) is 132 Å². The fourth-order valence-electron chi connectivity index (χ4n) is 0. The van der Waals surface area contributed by atoms with Gasteiger partial charge in [-0.05, 0) is 0 Å². The molecule has 0 aromatic carbocycles. The Labute approximate surface area is 74.3 Å². The van der Waals surface area contributed by atoms with E-state index < -0.39 is 11.9 Å². The van der Waals surface area contributed by atoms with E-state index in [1.54, 1.807) is 0 Å². The van der Waals surface area contributed by atoms with Crippen molar-refractivity contribution >= 4 is 11.9 Å². The quantitative estimate of drug-likeness (QED) is 0.460. The van der Waals surface area contributed by atoms with Crippen molar-refractivity contribution in [1.82, 2.24) is 0 Å². The maximum absolute atomic E-state index is 9.13. The van der Waals surface area contributed by atoms with E-state index in [1.807, 2.05) is 0 Å². The number of carboxylic acid groups (broad SMARTS) is 2. The number of carbonyl (C=O) groups excluding carboxylic acids is 2. The first-order valence-electron chi connectivity index (χ1n) is 2.34. The summed E-state index contributed by atoms with van der Waals surface area (Å²) in [5, 5.41) is 18.3. The molecule has 0 atom stereocenters. The second-order valence-corrected chi connectivity index (χ2v) is 1.15. The van der Waals surface area contributed by atoms with E-state index in [1.165, 1.54) is 0 Å². The third kappa shape index (κ3) is 44.6. The van der Waals surface area contributed by atoms with Crippen LogP contribution in [0.1, 0.15) is 0 Å². The van der Waals surface area contributed by atoms with E-state index in [0.29, 0.717) is 0 Å². The summed E-state index contributed by atoms with van der Waals surface area (Å²) in [6.07, 6.45) is 0. The van der Waals surface area contributed by atoms with Crippen LogP contribution >= 0.6 is 0 Å². The number of nitrogens with two attached hydrogens (primary N) is 2. The van der Waals surface area contributed by atoms with Crippen LogP contribution in [-0.2, 0) is 27.0 Å². The summed E-state index contributed by atoms with van der Waals surface area (Å²) in [5.41, 5.74) is 9.02. The standard InChI is InChI=1S/2C2H5NO2.Cr/c2*3-1-2(4)5;/h2*1,3H2,(H,4,5);/q;;+2/p-2. The summed E-state index contributed by atoms with van der Waals surface area (Å²) in [4.78, 5) is 18.3. The molecule has 4 N–H and O–H groups in total. The van der Waals surface area contributed by atoms with Gasteiger partial charge in [0.1, 0.15) is 0 Å². The first-order valence-corrected chi connectivity index (χ1v) is 2.34. The van der Waals surface area contributed by atoms with E-state index in [4.69, 9.17) is 19.8 Å². The third-order valence-corrected chi connectivity index (χ3v) is 0.333. The first-order chi connectivity index (χ1) is 4.54. The largest absolute Gasteiger partial charge is 2.00 e. The van der Waals surface area contributed by atoms with Gasteiger partial charge in [-0.1, -0.05) is 0 Å². The molecular weight excluding hydrogens is 192 g/mol. The molecule has 0 aromatic heterocycles. The van der Waals surface area contributed by atoms with E-state index in [0.717, 1.165) is 0 Å². The van der Waals surface area contributed by atoms with Gasteiger partial charge < -0.3 is 31.3 Å². The van der Waals surface area contributed by atoms with E-state index in [9.17, 15) is 0 Å². The van der Waals surface area contributed by atoms with Gasteiger partial charge in [-0.15, -0.1) is 0 Å². The molecule has 0 rings (SSSR count). The van der Waals surface area contributed by atoms with Gasteiger partial charge in [-0.3, -0.25) is 0 Å². The van der Waals surface area contributed by atoms with E-state index >= 15 is 0 Å². The average Bonchev–Trinajstić information content (AvgIpc) is 1.89. The third-order valence-electron chi connectivity index (χ3n) is 0.333. The zero-order valence-electron chi connectivity index (χ0n) is 5.61.